The Bertz CT molecular complexity index is 447. The fourth-order valence-corrected chi connectivity index (χ4v) is 1.70. The van der Waals surface area contributed by atoms with Crippen molar-refractivity contribution in [1.82, 2.24) is 0 Å². The number of halogens is 2. The second kappa shape index (κ2) is 5.80. The zero-order valence-electron chi connectivity index (χ0n) is 10.7. The van der Waals surface area contributed by atoms with Crippen LogP contribution in [0.1, 0.15) is 37.6 Å². The number of nitrogens with two attached hydrogens (primary N) is 1. The summed E-state index contributed by atoms with van der Waals surface area (Å²) < 4.78 is 31.0. The molecule has 0 bridgehead atoms. The van der Waals surface area contributed by atoms with Gasteiger partial charge in [-0.2, -0.15) is 0 Å². The summed E-state index contributed by atoms with van der Waals surface area (Å²) >= 11 is 0. The Balaban J connectivity index is 2.82. The number of carbonyl (C=O) groups excluding carboxylic acids is 1. The molecule has 2 N–H and O–H groups in total. The molecule has 0 aromatic heterocycles. The molecule has 5 heteroatoms. The van der Waals surface area contributed by atoms with Crippen molar-refractivity contribution in [3.8, 4) is 0 Å². The van der Waals surface area contributed by atoms with Crippen LogP contribution in [0.2, 0.25) is 0 Å². The average Bonchev–Trinajstić information content (AvgIpc) is 2.21. The molecular weight excluding hydrogens is 240 g/mol. The standard InChI is InChI=1S/C13H17F2NO2/c1-7(2)4-8(3)18-13(17)9-5-10(14)11(15)6-12(9)16/h5-8H,4,16H2,1-3H3. The monoisotopic (exact) mass is 257 g/mol. The van der Waals surface area contributed by atoms with E-state index in [1.807, 2.05) is 13.8 Å². The highest BCUT2D eigenvalue weighted by atomic mass is 19.2. The summed E-state index contributed by atoms with van der Waals surface area (Å²) in [6, 6.07) is 1.54. The molecule has 0 aliphatic heterocycles. The number of hydrogen-bond donors (Lipinski definition) is 1. The molecule has 0 amide bonds. The molecule has 0 aliphatic carbocycles. The van der Waals surface area contributed by atoms with Gasteiger partial charge >= 0.3 is 5.97 Å². The SMILES string of the molecule is CC(C)CC(C)OC(=O)c1cc(F)c(F)cc1N. The highest BCUT2D eigenvalue weighted by Gasteiger charge is 2.18. The summed E-state index contributed by atoms with van der Waals surface area (Å²) in [5.41, 5.74) is 5.18. The normalized spacial score (nSPS) is 12.6. The predicted molar refractivity (Wildman–Crippen MR) is 65.1 cm³/mol. The molecule has 1 aromatic rings. The van der Waals surface area contributed by atoms with E-state index in [0.29, 0.717) is 12.3 Å². The Labute approximate surface area is 105 Å². The lowest BCUT2D eigenvalue weighted by Gasteiger charge is -2.16. The van der Waals surface area contributed by atoms with Gasteiger partial charge in [-0.05, 0) is 25.3 Å². The average molecular weight is 257 g/mol. The molecule has 0 heterocycles. The molecule has 1 unspecified atom stereocenters. The van der Waals surface area contributed by atoms with Crippen LogP contribution in [0.3, 0.4) is 0 Å². The number of nitrogen functional groups attached to an aromatic ring is 1. The van der Waals surface area contributed by atoms with E-state index < -0.39 is 17.6 Å². The topological polar surface area (TPSA) is 52.3 Å². The molecule has 0 spiro atoms. The van der Waals surface area contributed by atoms with E-state index in [2.05, 4.69) is 0 Å². The maximum absolute atomic E-state index is 13.0. The fourth-order valence-electron chi connectivity index (χ4n) is 1.70. The Hall–Kier alpha value is -1.65. The first-order chi connectivity index (χ1) is 8.31. The Morgan fingerprint density at radius 1 is 1.28 bits per heavy atom. The quantitative estimate of drug-likeness (QED) is 0.666. The van der Waals surface area contributed by atoms with Crippen LogP contribution in [0.25, 0.3) is 0 Å². The van der Waals surface area contributed by atoms with Crippen LogP contribution in [0.5, 0.6) is 0 Å². The second-order valence-electron chi connectivity index (χ2n) is 4.70. The van der Waals surface area contributed by atoms with Crippen molar-refractivity contribution >= 4 is 11.7 Å². The van der Waals surface area contributed by atoms with Gasteiger partial charge in [0.25, 0.3) is 0 Å². The van der Waals surface area contributed by atoms with Gasteiger partial charge in [0, 0.05) is 11.8 Å². The molecule has 1 rings (SSSR count). The number of benzene rings is 1. The van der Waals surface area contributed by atoms with Crippen LogP contribution in [0.4, 0.5) is 14.5 Å². The minimum absolute atomic E-state index is 0.129. The largest absolute Gasteiger partial charge is 0.459 e. The summed E-state index contributed by atoms with van der Waals surface area (Å²) in [6.07, 6.45) is 0.389. The first-order valence-electron chi connectivity index (χ1n) is 5.76. The first kappa shape index (κ1) is 14.4. The molecule has 100 valence electrons. The van der Waals surface area contributed by atoms with E-state index in [0.717, 1.165) is 12.1 Å². The van der Waals surface area contributed by atoms with Gasteiger partial charge in [-0.3, -0.25) is 0 Å². The van der Waals surface area contributed by atoms with Crippen molar-refractivity contribution in [3.63, 3.8) is 0 Å². The maximum Gasteiger partial charge on any atom is 0.340 e. The third-order valence-electron chi connectivity index (χ3n) is 2.42. The summed E-state index contributed by atoms with van der Waals surface area (Å²) in [4.78, 5) is 11.7. The highest BCUT2D eigenvalue weighted by Crippen LogP contribution is 2.19. The molecule has 0 saturated heterocycles. The molecule has 0 aliphatic rings. The molecule has 0 saturated carbocycles. The van der Waals surface area contributed by atoms with Gasteiger partial charge < -0.3 is 10.5 Å². The van der Waals surface area contributed by atoms with Crippen molar-refractivity contribution in [1.29, 1.82) is 0 Å². The maximum atomic E-state index is 13.0. The van der Waals surface area contributed by atoms with Crippen molar-refractivity contribution in [2.75, 3.05) is 5.73 Å². The van der Waals surface area contributed by atoms with E-state index >= 15 is 0 Å². The van der Waals surface area contributed by atoms with E-state index in [1.165, 1.54) is 0 Å². The van der Waals surface area contributed by atoms with Crippen LogP contribution < -0.4 is 5.73 Å². The second-order valence-corrected chi connectivity index (χ2v) is 4.70. The minimum atomic E-state index is -1.12. The van der Waals surface area contributed by atoms with Gasteiger partial charge in [-0.15, -0.1) is 0 Å². The zero-order chi connectivity index (χ0) is 13.9. The summed E-state index contributed by atoms with van der Waals surface area (Å²) in [5.74, 6) is -2.57. The van der Waals surface area contributed by atoms with Crippen LogP contribution in [0, 0.1) is 17.6 Å². The van der Waals surface area contributed by atoms with Gasteiger partial charge in [0.2, 0.25) is 0 Å². The van der Waals surface area contributed by atoms with Gasteiger partial charge in [0.15, 0.2) is 11.6 Å². The van der Waals surface area contributed by atoms with E-state index in [9.17, 15) is 13.6 Å². The number of rotatable bonds is 4. The molecule has 18 heavy (non-hydrogen) atoms. The predicted octanol–water partition coefficient (Wildman–Crippen LogP) is 3.14. The van der Waals surface area contributed by atoms with Crippen LogP contribution in [0.15, 0.2) is 12.1 Å². The van der Waals surface area contributed by atoms with Crippen molar-refractivity contribution in [2.24, 2.45) is 5.92 Å². The Morgan fingerprint density at radius 3 is 2.39 bits per heavy atom. The fraction of sp³-hybridized carbons (Fsp3) is 0.462. The van der Waals surface area contributed by atoms with Crippen LogP contribution in [-0.2, 0) is 4.74 Å². The number of hydrogen-bond acceptors (Lipinski definition) is 3. The molecule has 0 radical (unpaired) electrons. The number of ether oxygens (including phenoxy) is 1. The summed E-state index contributed by atoms with van der Waals surface area (Å²) in [7, 11) is 0. The number of anilines is 1. The molecule has 1 aromatic carbocycles. The van der Waals surface area contributed by atoms with Gasteiger partial charge in [-0.1, -0.05) is 13.8 Å². The minimum Gasteiger partial charge on any atom is -0.459 e. The van der Waals surface area contributed by atoms with Crippen molar-refractivity contribution in [3.05, 3.63) is 29.3 Å². The van der Waals surface area contributed by atoms with Crippen LogP contribution in [-0.4, -0.2) is 12.1 Å². The highest BCUT2D eigenvalue weighted by molar-refractivity contribution is 5.95. The molecular formula is C13H17F2NO2. The van der Waals surface area contributed by atoms with E-state index in [-0.39, 0.29) is 17.4 Å². The molecule has 1 atom stereocenters. The third-order valence-corrected chi connectivity index (χ3v) is 2.42. The Morgan fingerprint density at radius 2 is 1.83 bits per heavy atom. The molecule has 3 nitrogen and oxygen atoms in total. The van der Waals surface area contributed by atoms with Crippen molar-refractivity contribution < 1.29 is 18.3 Å². The lowest BCUT2D eigenvalue weighted by atomic mass is 10.1. The van der Waals surface area contributed by atoms with E-state index in [1.54, 1.807) is 6.92 Å². The van der Waals surface area contributed by atoms with Gasteiger partial charge in [0.05, 0.1) is 11.7 Å². The zero-order valence-corrected chi connectivity index (χ0v) is 10.7. The molecule has 0 fully saturated rings. The lowest BCUT2D eigenvalue weighted by molar-refractivity contribution is 0.0300. The van der Waals surface area contributed by atoms with Gasteiger partial charge in [0.1, 0.15) is 0 Å². The van der Waals surface area contributed by atoms with E-state index in [4.69, 9.17) is 10.5 Å². The smallest absolute Gasteiger partial charge is 0.340 e. The third kappa shape index (κ3) is 3.68. The number of esters is 1. The van der Waals surface area contributed by atoms with Gasteiger partial charge in [-0.25, -0.2) is 13.6 Å². The van der Waals surface area contributed by atoms with Crippen LogP contribution >= 0.6 is 0 Å². The Kier molecular flexibility index (Phi) is 4.64. The summed E-state index contributed by atoms with van der Waals surface area (Å²) in [5, 5.41) is 0. The lowest BCUT2D eigenvalue weighted by Crippen LogP contribution is -2.18. The number of carbonyl (C=O) groups is 1. The van der Waals surface area contributed by atoms with Crippen molar-refractivity contribution in [2.45, 2.75) is 33.3 Å². The first-order valence-corrected chi connectivity index (χ1v) is 5.76. The summed E-state index contributed by atoms with van der Waals surface area (Å²) in [6.45, 7) is 5.74.